The van der Waals surface area contributed by atoms with Gasteiger partial charge >= 0.3 is 0 Å². The summed E-state index contributed by atoms with van der Waals surface area (Å²) in [5.41, 5.74) is 8.43. The highest BCUT2D eigenvalue weighted by Crippen LogP contribution is 2.34. The average Bonchev–Trinajstić information content (AvgIpc) is 3.03. The lowest BCUT2D eigenvalue weighted by Crippen LogP contribution is -2.33. The Bertz CT molecular complexity index is 1010. The van der Waals surface area contributed by atoms with Gasteiger partial charge in [-0.1, -0.05) is 29.0 Å². The number of aromatic nitrogens is 3. The van der Waals surface area contributed by atoms with Crippen LogP contribution < -0.4 is 16.4 Å². The number of hydrogen-bond acceptors (Lipinski definition) is 7. The van der Waals surface area contributed by atoms with Gasteiger partial charge in [0, 0.05) is 24.2 Å². The van der Waals surface area contributed by atoms with Crippen molar-refractivity contribution in [3.63, 3.8) is 0 Å². The van der Waals surface area contributed by atoms with E-state index in [1.54, 1.807) is 36.8 Å². The molecule has 3 aromatic rings. The molecule has 144 valence electrons. The summed E-state index contributed by atoms with van der Waals surface area (Å²) in [6.45, 7) is 1.67. The number of aryl methyl sites for hydroxylation is 1. The zero-order chi connectivity index (χ0) is 20.1. The van der Waals surface area contributed by atoms with Gasteiger partial charge in [0.15, 0.2) is 10.3 Å². The van der Waals surface area contributed by atoms with Gasteiger partial charge in [-0.15, -0.1) is 0 Å². The van der Waals surface area contributed by atoms with E-state index in [1.165, 1.54) is 11.3 Å². The fourth-order valence-electron chi connectivity index (χ4n) is 2.40. The van der Waals surface area contributed by atoms with Crippen molar-refractivity contribution in [1.29, 1.82) is 0 Å². The fourth-order valence-corrected chi connectivity index (χ4v) is 3.47. The normalized spacial score (nSPS) is 10.5. The van der Waals surface area contributed by atoms with Gasteiger partial charge < -0.3 is 16.4 Å². The van der Waals surface area contributed by atoms with Crippen LogP contribution in [0.25, 0.3) is 10.4 Å². The van der Waals surface area contributed by atoms with Crippen LogP contribution in [0.2, 0.25) is 5.15 Å². The van der Waals surface area contributed by atoms with Crippen molar-refractivity contribution < 1.29 is 9.59 Å². The highest BCUT2D eigenvalue weighted by molar-refractivity contribution is 7.19. The molecule has 0 unspecified atom stereocenters. The molecule has 0 bridgehead atoms. The maximum atomic E-state index is 12.1. The molecular weight excluding hydrogens is 400 g/mol. The quantitative estimate of drug-likeness (QED) is 0.530. The minimum absolute atomic E-state index is 0.150. The second-order valence-electron chi connectivity index (χ2n) is 5.90. The third-order valence-electron chi connectivity index (χ3n) is 3.70. The van der Waals surface area contributed by atoms with Gasteiger partial charge in [0.1, 0.15) is 0 Å². The van der Waals surface area contributed by atoms with Crippen LogP contribution in [-0.4, -0.2) is 33.3 Å². The van der Waals surface area contributed by atoms with Gasteiger partial charge in [-0.05, 0) is 24.6 Å². The Morgan fingerprint density at radius 2 is 2.11 bits per heavy atom. The molecule has 0 aliphatic carbocycles. The van der Waals surface area contributed by atoms with E-state index in [1.807, 2.05) is 6.92 Å². The Hall–Kier alpha value is -3.04. The van der Waals surface area contributed by atoms with Crippen LogP contribution in [0.1, 0.15) is 11.3 Å². The summed E-state index contributed by atoms with van der Waals surface area (Å²) in [6.07, 6.45) is 5.00. The number of thiazole rings is 1. The van der Waals surface area contributed by atoms with Gasteiger partial charge in [-0.3, -0.25) is 14.6 Å². The Labute approximate surface area is 170 Å². The molecule has 0 aliphatic heterocycles. The van der Waals surface area contributed by atoms with E-state index in [-0.39, 0.29) is 29.9 Å². The van der Waals surface area contributed by atoms with Crippen molar-refractivity contribution in [2.24, 2.45) is 0 Å². The highest BCUT2D eigenvalue weighted by atomic mass is 35.5. The molecule has 3 aromatic heterocycles. The second-order valence-corrected chi connectivity index (χ2v) is 7.26. The SMILES string of the molecule is Cc1nc(NC(=O)CNC(=O)Cc2cccnc2)sc1-c1cnc(Cl)c(N)c1. The number of pyridine rings is 2. The summed E-state index contributed by atoms with van der Waals surface area (Å²) in [5.74, 6) is -0.629. The van der Waals surface area contributed by atoms with E-state index >= 15 is 0 Å². The van der Waals surface area contributed by atoms with E-state index in [9.17, 15) is 9.59 Å². The first-order chi connectivity index (χ1) is 13.4. The number of amides is 2. The van der Waals surface area contributed by atoms with E-state index in [2.05, 4.69) is 25.6 Å². The molecule has 0 aliphatic rings. The first kappa shape index (κ1) is 19.7. The predicted molar refractivity (Wildman–Crippen MR) is 109 cm³/mol. The van der Waals surface area contributed by atoms with Crippen LogP contribution in [0, 0.1) is 6.92 Å². The number of hydrogen-bond donors (Lipinski definition) is 3. The van der Waals surface area contributed by atoms with Crippen molar-refractivity contribution in [3.05, 3.63) is 53.2 Å². The maximum Gasteiger partial charge on any atom is 0.245 e. The monoisotopic (exact) mass is 416 g/mol. The first-order valence-electron chi connectivity index (χ1n) is 8.26. The molecule has 2 amide bonds. The van der Waals surface area contributed by atoms with Gasteiger partial charge in [0.25, 0.3) is 0 Å². The van der Waals surface area contributed by atoms with Crippen molar-refractivity contribution in [2.45, 2.75) is 13.3 Å². The number of halogens is 1. The van der Waals surface area contributed by atoms with Gasteiger partial charge in [0.2, 0.25) is 11.8 Å². The van der Waals surface area contributed by atoms with E-state index in [0.29, 0.717) is 10.8 Å². The molecule has 0 radical (unpaired) electrons. The van der Waals surface area contributed by atoms with Gasteiger partial charge in [-0.25, -0.2) is 9.97 Å². The lowest BCUT2D eigenvalue weighted by Gasteiger charge is -2.05. The minimum atomic E-state index is -0.367. The Kier molecular flexibility index (Phi) is 6.17. The molecule has 0 saturated carbocycles. The molecule has 0 saturated heterocycles. The topological polar surface area (TPSA) is 123 Å². The average molecular weight is 417 g/mol. The highest BCUT2D eigenvalue weighted by Gasteiger charge is 2.14. The number of carbonyl (C=O) groups is 2. The number of anilines is 2. The number of nitrogens with one attached hydrogen (secondary N) is 2. The summed E-state index contributed by atoms with van der Waals surface area (Å²) in [6, 6.07) is 5.26. The van der Waals surface area contributed by atoms with Crippen LogP contribution >= 0.6 is 22.9 Å². The number of rotatable bonds is 6. The third-order valence-corrected chi connectivity index (χ3v) is 5.14. The van der Waals surface area contributed by atoms with E-state index in [4.69, 9.17) is 17.3 Å². The van der Waals surface area contributed by atoms with Crippen LogP contribution in [0.15, 0.2) is 36.8 Å². The minimum Gasteiger partial charge on any atom is -0.396 e. The van der Waals surface area contributed by atoms with Crippen LogP contribution in [0.3, 0.4) is 0 Å². The Morgan fingerprint density at radius 3 is 2.82 bits per heavy atom. The molecule has 10 heteroatoms. The molecule has 0 spiro atoms. The van der Waals surface area contributed by atoms with Crippen LogP contribution in [-0.2, 0) is 16.0 Å². The number of nitrogens with two attached hydrogens (primary N) is 1. The third kappa shape index (κ3) is 5.02. The summed E-state index contributed by atoms with van der Waals surface area (Å²) in [4.78, 5) is 37.2. The second kappa shape index (κ2) is 8.77. The zero-order valence-corrected chi connectivity index (χ0v) is 16.5. The van der Waals surface area contributed by atoms with Crippen molar-refractivity contribution >= 4 is 45.6 Å². The summed E-state index contributed by atoms with van der Waals surface area (Å²) < 4.78 is 0. The van der Waals surface area contributed by atoms with E-state index < -0.39 is 0 Å². The smallest absolute Gasteiger partial charge is 0.245 e. The van der Waals surface area contributed by atoms with Gasteiger partial charge in [-0.2, -0.15) is 0 Å². The Morgan fingerprint density at radius 1 is 1.29 bits per heavy atom. The molecule has 0 aromatic carbocycles. The van der Waals surface area contributed by atoms with Crippen LogP contribution in [0.4, 0.5) is 10.8 Å². The lowest BCUT2D eigenvalue weighted by molar-refractivity contribution is -0.123. The molecule has 8 nitrogen and oxygen atoms in total. The molecule has 0 atom stereocenters. The molecule has 3 heterocycles. The molecule has 0 fully saturated rings. The summed E-state index contributed by atoms with van der Waals surface area (Å²) in [7, 11) is 0. The molecule has 3 rings (SSSR count). The van der Waals surface area contributed by atoms with Crippen molar-refractivity contribution in [2.75, 3.05) is 17.6 Å². The number of nitrogens with zero attached hydrogens (tertiary/aromatic N) is 3. The van der Waals surface area contributed by atoms with Gasteiger partial charge in [0.05, 0.1) is 29.2 Å². The lowest BCUT2D eigenvalue weighted by atomic mass is 10.2. The number of nitrogen functional groups attached to an aromatic ring is 1. The summed E-state index contributed by atoms with van der Waals surface area (Å²) >= 11 is 7.14. The standard InChI is InChI=1S/C18H17ClN6O2S/c1-10-16(12-6-13(20)17(19)23-8-12)28-18(24-10)25-15(27)9-22-14(26)5-11-3-2-4-21-7-11/h2-4,6-8H,5,9,20H2,1H3,(H,22,26)(H,24,25,27). The van der Waals surface area contributed by atoms with Crippen LogP contribution in [0.5, 0.6) is 0 Å². The maximum absolute atomic E-state index is 12.1. The number of carbonyl (C=O) groups excluding carboxylic acids is 2. The molecule has 4 N–H and O–H groups in total. The van der Waals surface area contributed by atoms with Crippen molar-refractivity contribution in [3.8, 4) is 10.4 Å². The first-order valence-corrected chi connectivity index (χ1v) is 9.46. The predicted octanol–water partition coefficient (Wildman–Crippen LogP) is 2.44. The largest absolute Gasteiger partial charge is 0.396 e. The summed E-state index contributed by atoms with van der Waals surface area (Å²) in [5, 5.41) is 5.92. The zero-order valence-electron chi connectivity index (χ0n) is 14.9. The Balaban J connectivity index is 1.57. The molecular formula is C18H17ClN6O2S. The fraction of sp³-hybridized carbons (Fsp3) is 0.167. The van der Waals surface area contributed by atoms with Crippen molar-refractivity contribution in [1.82, 2.24) is 20.3 Å². The van der Waals surface area contributed by atoms with E-state index in [0.717, 1.165) is 21.7 Å². The molecule has 28 heavy (non-hydrogen) atoms.